The minimum atomic E-state index is -0.479. The average Bonchev–Trinajstić information content (AvgIpc) is 3.35. The van der Waals surface area contributed by atoms with E-state index in [9.17, 15) is 9.18 Å². The molecule has 146 valence electrons. The molecule has 1 aliphatic rings. The standard InChI is InChI=1S/C20H20FN3O3S/c1-23-9-8-22-20(23)28-13-14-6-7-17(27-14)19(25)24-10-11-26-18(12-24)15-4-2-3-5-16(15)21/h2-9,18H,10-13H2,1H3. The molecular formula is C20H20FN3O3S. The Morgan fingerprint density at radius 3 is 2.96 bits per heavy atom. The lowest BCUT2D eigenvalue weighted by molar-refractivity contribution is -0.0252. The fourth-order valence-corrected chi connectivity index (χ4v) is 3.94. The second-order valence-corrected chi connectivity index (χ2v) is 7.45. The van der Waals surface area contributed by atoms with Crippen molar-refractivity contribution < 1.29 is 18.3 Å². The maximum atomic E-state index is 14.0. The number of imidazole rings is 1. The molecule has 6 nitrogen and oxygen atoms in total. The fourth-order valence-electron chi connectivity index (χ4n) is 3.11. The summed E-state index contributed by atoms with van der Waals surface area (Å²) in [6.07, 6.45) is 3.14. The van der Waals surface area contributed by atoms with Crippen molar-refractivity contribution >= 4 is 17.7 Å². The number of aromatic nitrogens is 2. The molecule has 3 heterocycles. The summed E-state index contributed by atoms with van der Waals surface area (Å²) in [4.78, 5) is 18.7. The number of furan rings is 1. The predicted molar refractivity (Wildman–Crippen MR) is 102 cm³/mol. The number of hydrogen-bond acceptors (Lipinski definition) is 5. The molecule has 1 aromatic carbocycles. The number of thioether (sulfide) groups is 1. The Hall–Kier alpha value is -2.58. The third-order valence-corrected chi connectivity index (χ3v) is 5.68. The lowest BCUT2D eigenvalue weighted by Gasteiger charge is -2.32. The number of nitrogens with zero attached hydrogens (tertiary/aromatic N) is 3. The number of benzene rings is 1. The Kier molecular flexibility index (Phi) is 5.50. The van der Waals surface area contributed by atoms with Crippen molar-refractivity contribution in [1.82, 2.24) is 14.5 Å². The molecular weight excluding hydrogens is 381 g/mol. The summed E-state index contributed by atoms with van der Waals surface area (Å²) in [5.41, 5.74) is 0.464. The molecule has 1 fully saturated rings. The Bertz CT molecular complexity index is 971. The number of amides is 1. The van der Waals surface area contributed by atoms with Gasteiger partial charge in [-0.15, -0.1) is 0 Å². The smallest absolute Gasteiger partial charge is 0.289 e. The number of carbonyl (C=O) groups is 1. The molecule has 1 amide bonds. The Labute approximate surface area is 166 Å². The first-order chi connectivity index (χ1) is 13.6. The zero-order valence-electron chi connectivity index (χ0n) is 15.4. The van der Waals surface area contributed by atoms with Crippen LogP contribution in [0.1, 0.15) is 28.0 Å². The van der Waals surface area contributed by atoms with Crippen LogP contribution in [0.3, 0.4) is 0 Å². The molecule has 4 rings (SSSR count). The van der Waals surface area contributed by atoms with Crippen LogP contribution in [0.2, 0.25) is 0 Å². The van der Waals surface area contributed by atoms with Crippen LogP contribution in [0.5, 0.6) is 0 Å². The summed E-state index contributed by atoms with van der Waals surface area (Å²) in [6.45, 7) is 1.09. The van der Waals surface area contributed by atoms with Crippen LogP contribution in [0, 0.1) is 5.82 Å². The van der Waals surface area contributed by atoms with E-state index < -0.39 is 6.10 Å². The van der Waals surface area contributed by atoms with Crippen molar-refractivity contribution in [2.45, 2.75) is 17.0 Å². The molecule has 0 radical (unpaired) electrons. The van der Waals surface area contributed by atoms with Crippen molar-refractivity contribution in [3.63, 3.8) is 0 Å². The highest BCUT2D eigenvalue weighted by molar-refractivity contribution is 7.98. The summed E-state index contributed by atoms with van der Waals surface area (Å²) >= 11 is 1.54. The highest BCUT2D eigenvalue weighted by Crippen LogP contribution is 2.26. The van der Waals surface area contributed by atoms with Gasteiger partial charge in [-0.2, -0.15) is 0 Å². The average molecular weight is 401 g/mol. The van der Waals surface area contributed by atoms with E-state index in [0.29, 0.717) is 30.2 Å². The summed E-state index contributed by atoms with van der Waals surface area (Å²) in [7, 11) is 1.93. The summed E-state index contributed by atoms with van der Waals surface area (Å²) in [6, 6.07) is 9.98. The van der Waals surface area contributed by atoms with Crippen molar-refractivity contribution in [3.8, 4) is 0 Å². The van der Waals surface area contributed by atoms with Gasteiger partial charge in [0.2, 0.25) is 0 Å². The third-order valence-electron chi connectivity index (χ3n) is 4.60. The van der Waals surface area contributed by atoms with Crippen molar-refractivity contribution in [2.75, 3.05) is 19.7 Å². The summed E-state index contributed by atoms with van der Waals surface area (Å²) in [5, 5.41) is 0.880. The van der Waals surface area contributed by atoms with E-state index in [1.165, 1.54) is 17.8 Å². The zero-order valence-corrected chi connectivity index (χ0v) is 16.2. The van der Waals surface area contributed by atoms with Gasteiger partial charge in [0.15, 0.2) is 10.9 Å². The number of rotatable bonds is 5. The predicted octanol–water partition coefficient (Wildman–Crippen LogP) is 3.66. The van der Waals surface area contributed by atoms with Crippen LogP contribution in [0.15, 0.2) is 58.4 Å². The topological polar surface area (TPSA) is 60.5 Å². The van der Waals surface area contributed by atoms with Crippen LogP contribution < -0.4 is 0 Å². The monoisotopic (exact) mass is 401 g/mol. The summed E-state index contributed by atoms with van der Waals surface area (Å²) in [5.74, 6) is 1.03. The molecule has 1 aliphatic heterocycles. The number of halogens is 1. The van der Waals surface area contributed by atoms with Crippen LogP contribution in [0.4, 0.5) is 4.39 Å². The zero-order chi connectivity index (χ0) is 19.5. The minimum Gasteiger partial charge on any atom is -0.455 e. The molecule has 2 aromatic heterocycles. The second kappa shape index (κ2) is 8.20. The minimum absolute atomic E-state index is 0.210. The highest BCUT2D eigenvalue weighted by atomic mass is 32.2. The molecule has 1 saturated heterocycles. The molecule has 0 saturated carbocycles. The molecule has 0 bridgehead atoms. The van der Waals surface area contributed by atoms with Gasteiger partial charge >= 0.3 is 0 Å². The molecule has 3 aromatic rings. The van der Waals surface area contributed by atoms with E-state index in [1.807, 2.05) is 17.8 Å². The lowest BCUT2D eigenvalue weighted by Crippen LogP contribution is -2.42. The van der Waals surface area contributed by atoms with Crippen molar-refractivity contribution in [3.05, 3.63) is 71.7 Å². The van der Waals surface area contributed by atoms with Crippen molar-refractivity contribution in [1.29, 1.82) is 0 Å². The largest absolute Gasteiger partial charge is 0.455 e. The molecule has 28 heavy (non-hydrogen) atoms. The number of hydrogen-bond donors (Lipinski definition) is 0. The van der Waals surface area contributed by atoms with E-state index in [-0.39, 0.29) is 24.0 Å². The number of ether oxygens (including phenoxy) is 1. The van der Waals surface area contributed by atoms with E-state index in [2.05, 4.69) is 4.98 Å². The van der Waals surface area contributed by atoms with Crippen LogP contribution in [-0.2, 0) is 17.5 Å². The normalized spacial score (nSPS) is 17.1. The maximum absolute atomic E-state index is 14.0. The van der Waals surface area contributed by atoms with Gasteiger partial charge < -0.3 is 18.6 Å². The molecule has 0 spiro atoms. The first kappa shape index (κ1) is 18.8. The lowest BCUT2D eigenvalue weighted by atomic mass is 10.1. The maximum Gasteiger partial charge on any atom is 0.289 e. The fraction of sp³-hybridized carbons (Fsp3) is 0.300. The quantitative estimate of drug-likeness (QED) is 0.611. The van der Waals surface area contributed by atoms with Gasteiger partial charge in [0.1, 0.15) is 17.7 Å². The van der Waals surface area contributed by atoms with Crippen LogP contribution >= 0.6 is 11.8 Å². The Morgan fingerprint density at radius 1 is 1.32 bits per heavy atom. The highest BCUT2D eigenvalue weighted by Gasteiger charge is 2.29. The van der Waals surface area contributed by atoms with E-state index in [1.54, 1.807) is 41.4 Å². The van der Waals surface area contributed by atoms with Gasteiger partial charge in [-0.25, -0.2) is 9.37 Å². The van der Waals surface area contributed by atoms with Crippen LogP contribution in [-0.4, -0.2) is 40.1 Å². The van der Waals surface area contributed by atoms with E-state index in [4.69, 9.17) is 9.15 Å². The number of morpholine rings is 1. The SMILES string of the molecule is Cn1ccnc1SCc1ccc(C(=O)N2CCOC(c3ccccc3F)C2)o1. The first-order valence-electron chi connectivity index (χ1n) is 8.96. The number of carbonyl (C=O) groups excluding carboxylic acids is 1. The van der Waals surface area contributed by atoms with Gasteiger partial charge in [0.05, 0.1) is 18.9 Å². The van der Waals surface area contributed by atoms with Gasteiger partial charge in [0.25, 0.3) is 5.91 Å². The van der Waals surface area contributed by atoms with Gasteiger partial charge in [-0.3, -0.25) is 4.79 Å². The second-order valence-electron chi connectivity index (χ2n) is 6.51. The summed E-state index contributed by atoms with van der Waals surface area (Å²) < 4.78 is 27.4. The van der Waals surface area contributed by atoms with E-state index >= 15 is 0 Å². The molecule has 1 unspecified atom stereocenters. The Balaban J connectivity index is 1.41. The molecule has 8 heteroatoms. The Morgan fingerprint density at radius 2 is 2.18 bits per heavy atom. The van der Waals surface area contributed by atoms with Gasteiger partial charge in [-0.1, -0.05) is 30.0 Å². The molecule has 0 N–H and O–H groups in total. The van der Waals surface area contributed by atoms with Gasteiger partial charge in [0, 0.05) is 31.5 Å². The first-order valence-corrected chi connectivity index (χ1v) is 9.94. The van der Waals surface area contributed by atoms with Crippen molar-refractivity contribution in [2.24, 2.45) is 7.05 Å². The van der Waals surface area contributed by atoms with Crippen LogP contribution in [0.25, 0.3) is 0 Å². The van der Waals surface area contributed by atoms with E-state index in [0.717, 1.165) is 5.16 Å². The molecule has 1 atom stereocenters. The number of aryl methyl sites for hydroxylation is 1. The third kappa shape index (κ3) is 3.98. The van der Waals surface area contributed by atoms with Gasteiger partial charge in [-0.05, 0) is 18.2 Å². The molecule has 0 aliphatic carbocycles.